The fourth-order valence-electron chi connectivity index (χ4n) is 3.64. The van der Waals surface area contributed by atoms with E-state index in [0.29, 0.717) is 4.88 Å². The van der Waals surface area contributed by atoms with Gasteiger partial charge in [-0.15, -0.1) is 11.3 Å². The minimum atomic E-state index is -3.79. The number of carboxylic acid groups (broad SMARTS) is 1. The summed E-state index contributed by atoms with van der Waals surface area (Å²) >= 11 is 1.41. The summed E-state index contributed by atoms with van der Waals surface area (Å²) in [4.78, 5) is 13.2. The van der Waals surface area contributed by atoms with Crippen LogP contribution in [0.3, 0.4) is 0 Å². The molecule has 160 valence electrons. The van der Waals surface area contributed by atoms with Gasteiger partial charge in [0.15, 0.2) is 0 Å². The average molecular weight is 454 g/mol. The minimum Gasteiger partial charge on any atom is -0.480 e. The Morgan fingerprint density at radius 2 is 1.68 bits per heavy atom. The highest BCUT2D eigenvalue weighted by molar-refractivity contribution is 7.89. The van der Waals surface area contributed by atoms with Crippen LogP contribution in [0.15, 0.2) is 59.5 Å². The highest BCUT2D eigenvalue weighted by Crippen LogP contribution is 2.42. The smallest absolute Gasteiger partial charge is 0.322 e. The highest BCUT2D eigenvalue weighted by Gasteiger charge is 2.42. The second-order valence-corrected chi connectivity index (χ2v) is 10.6. The van der Waals surface area contributed by atoms with Crippen molar-refractivity contribution >= 4 is 39.5 Å². The Bertz CT molecular complexity index is 1240. The van der Waals surface area contributed by atoms with Gasteiger partial charge in [-0.1, -0.05) is 73.2 Å². The third kappa shape index (κ3) is 4.21. The van der Waals surface area contributed by atoms with Crippen LogP contribution in [0.1, 0.15) is 34.9 Å². The third-order valence-electron chi connectivity index (χ3n) is 5.42. The molecule has 0 radical (unpaired) electrons. The maximum absolute atomic E-state index is 12.9. The largest absolute Gasteiger partial charge is 0.480 e. The molecule has 4 rings (SSSR count). The number of carbonyl (C=O) groups is 1. The molecular weight excluding hydrogens is 430 g/mol. The molecule has 1 unspecified atom stereocenters. The molecule has 1 N–H and O–H groups in total. The lowest BCUT2D eigenvalue weighted by atomic mass is 10.1. The molecule has 3 aromatic rings. The summed E-state index contributed by atoms with van der Waals surface area (Å²) in [6.07, 6.45) is 4.33. The molecule has 5 nitrogen and oxygen atoms in total. The molecule has 0 spiro atoms. The first-order valence-electron chi connectivity index (χ1n) is 10.0. The number of thiophene rings is 1. The van der Waals surface area contributed by atoms with Crippen LogP contribution in [-0.2, 0) is 21.4 Å². The molecule has 0 saturated carbocycles. The predicted octanol–water partition coefficient (Wildman–Crippen LogP) is 5.26. The maximum Gasteiger partial charge on any atom is 0.322 e. The summed E-state index contributed by atoms with van der Waals surface area (Å²) in [5, 5.41) is 9.36. The number of carboxylic acids is 1. The van der Waals surface area contributed by atoms with Crippen molar-refractivity contribution in [3.63, 3.8) is 0 Å². The van der Waals surface area contributed by atoms with Gasteiger partial charge in [0, 0.05) is 9.75 Å². The van der Waals surface area contributed by atoms with Crippen molar-refractivity contribution in [2.75, 3.05) is 0 Å². The van der Waals surface area contributed by atoms with Crippen molar-refractivity contribution in [2.45, 2.75) is 37.8 Å². The molecule has 0 saturated heterocycles. The van der Waals surface area contributed by atoms with Crippen LogP contribution < -0.4 is 0 Å². The molecule has 31 heavy (non-hydrogen) atoms. The Labute approximate surface area is 186 Å². The summed E-state index contributed by atoms with van der Waals surface area (Å²) < 4.78 is 26.9. The molecule has 0 fully saturated rings. The monoisotopic (exact) mass is 453 g/mol. The zero-order valence-electron chi connectivity index (χ0n) is 17.3. The van der Waals surface area contributed by atoms with Crippen LogP contribution in [0, 0.1) is 6.92 Å². The van der Waals surface area contributed by atoms with Crippen molar-refractivity contribution < 1.29 is 18.3 Å². The Balaban J connectivity index is 1.54. The van der Waals surface area contributed by atoms with Gasteiger partial charge in [0.05, 0.1) is 11.4 Å². The molecular formula is C24H23NO4S2. The van der Waals surface area contributed by atoms with Crippen molar-refractivity contribution in [1.29, 1.82) is 0 Å². The van der Waals surface area contributed by atoms with E-state index in [9.17, 15) is 18.3 Å². The molecule has 1 aromatic heterocycles. The summed E-state index contributed by atoms with van der Waals surface area (Å²) in [7, 11) is -3.79. The molecule has 2 heterocycles. The number of sulfonamides is 1. The number of aliphatic carboxylic acids is 1. The standard InChI is InChI=1S/C24H23NO4S2/c1-3-20(24(26)27)25-15-22-23(31(25,28)29)14-21(30-22)19-12-10-18(11-13-19)9-8-17-6-4-16(2)5-7-17/h4-14,20H,3,15H2,1-2H3,(H,26,27)/b9-8+. The van der Waals surface area contributed by atoms with Crippen LogP contribution in [0.2, 0.25) is 0 Å². The van der Waals surface area contributed by atoms with Gasteiger partial charge in [-0.3, -0.25) is 4.79 Å². The van der Waals surface area contributed by atoms with Gasteiger partial charge in [0.25, 0.3) is 0 Å². The molecule has 1 aliphatic rings. The number of hydrogen-bond donors (Lipinski definition) is 1. The van der Waals surface area contributed by atoms with Gasteiger partial charge in [0.2, 0.25) is 10.0 Å². The molecule has 1 atom stereocenters. The molecule has 7 heteroatoms. The lowest BCUT2D eigenvalue weighted by Gasteiger charge is -2.21. The summed E-state index contributed by atoms with van der Waals surface area (Å²) in [6, 6.07) is 16.9. The first-order chi connectivity index (χ1) is 14.8. The number of aryl methyl sites for hydroxylation is 1. The van der Waals surface area contributed by atoms with E-state index in [-0.39, 0.29) is 17.9 Å². The van der Waals surface area contributed by atoms with Gasteiger partial charge >= 0.3 is 5.97 Å². The fraction of sp³-hybridized carbons (Fsp3) is 0.208. The maximum atomic E-state index is 12.9. The van der Waals surface area contributed by atoms with Gasteiger partial charge in [-0.25, -0.2) is 8.42 Å². The zero-order chi connectivity index (χ0) is 22.2. The van der Waals surface area contributed by atoms with E-state index in [2.05, 4.69) is 37.3 Å². The first kappa shape index (κ1) is 21.5. The van der Waals surface area contributed by atoms with E-state index in [1.807, 2.05) is 30.3 Å². The van der Waals surface area contributed by atoms with Crippen molar-refractivity contribution in [3.05, 3.63) is 76.2 Å². The van der Waals surface area contributed by atoms with Crippen LogP contribution in [0.25, 0.3) is 22.6 Å². The highest BCUT2D eigenvalue weighted by atomic mass is 32.2. The number of benzene rings is 2. The van der Waals surface area contributed by atoms with E-state index >= 15 is 0 Å². The van der Waals surface area contributed by atoms with Crippen LogP contribution >= 0.6 is 11.3 Å². The molecule has 0 aliphatic carbocycles. The Morgan fingerprint density at radius 1 is 1.10 bits per heavy atom. The number of hydrogen-bond acceptors (Lipinski definition) is 4. The topological polar surface area (TPSA) is 74.7 Å². The van der Waals surface area contributed by atoms with E-state index < -0.39 is 22.0 Å². The summed E-state index contributed by atoms with van der Waals surface area (Å²) in [5.74, 6) is -1.12. The van der Waals surface area contributed by atoms with Crippen molar-refractivity contribution in [2.24, 2.45) is 0 Å². The molecule has 0 amide bonds. The van der Waals surface area contributed by atoms with Crippen LogP contribution in [-0.4, -0.2) is 29.8 Å². The lowest BCUT2D eigenvalue weighted by Crippen LogP contribution is -2.40. The zero-order valence-corrected chi connectivity index (χ0v) is 18.9. The number of rotatable bonds is 6. The van der Waals surface area contributed by atoms with E-state index in [4.69, 9.17) is 0 Å². The Morgan fingerprint density at radius 3 is 2.19 bits per heavy atom. The molecule has 1 aliphatic heterocycles. The van der Waals surface area contributed by atoms with Gasteiger partial charge in [-0.2, -0.15) is 4.31 Å². The summed E-state index contributed by atoms with van der Waals surface area (Å²) in [6.45, 7) is 3.86. The van der Waals surface area contributed by atoms with Gasteiger partial charge in [-0.05, 0) is 36.1 Å². The SMILES string of the molecule is CCC(C(=O)O)N1Cc2sc(-c3ccc(/C=C/c4ccc(C)cc4)cc3)cc2S1(=O)=O. The summed E-state index contributed by atoms with van der Waals surface area (Å²) in [5.41, 5.74) is 4.35. The number of nitrogens with zero attached hydrogens (tertiary/aromatic N) is 1. The molecule has 0 bridgehead atoms. The molecule has 2 aromatic carbocycles. The van der Waals surface area contributed by atoms with E-state index in [1.165, 1.54) is 16.9 Å². The van der Waals surface area contributed by atoms with Gasteiger partial charge < -0.3 is 5.11 Å². The predicted molar refractivity (Wildman–Crippen MR) is 124 cm³/mol. The van der Waals surface area contributed by atoms with Crippen molar-refractivity contribution in [3.8, 4) is 10.4 Å². The normalized spacial score (nSPS) is 16.5. The minimum absolute atomic E-state index is 0.116. The van der Waals surface area contributed by atoms with E-state index in [0.717, 1.165) is 25.9 Å². The van der Waals surface area contributed by atoms with Gasteiger partial charge in [0.1, 0.15) is 6.04 Å². The van der Waals surface area contributed by atoms with Crippen molar-refractivity contribution in [1.82, 2.24) is 4.31 Å². The third-order valence-corrected chi connectivity index (χ3v) is 8.64. The Hall–Kier alpha value is -2.74. The van der Waals surface area contributed by atoms with Crippen LogP contribution in [0.5, 0.6) is 0 Å². The lowest BCUT2D eigenvalue weighted by molar-refractivity contribution is -0.141. The first-order valence-corrected chi connectivity index (χ1v) is 12.3. The average Bonchev–Trinajstić information content (AvgIpc) is 3.27. The fourth-order valence-corrected chi connectivity index (χ4v) is 7.04. The van der Waals surface area contributed by atoms with Crippen LogP contribution in [0.4, 0.5) is 0 Å². The second kappa shape index (κ2) is 8.42. The number of fused-ring (bicyclic) bond motifs is 1. The second-order valence-electron chi connectivity index (χ2n) is 7.58. The van der Waals surface area contributed by atoms with E-state index in [1.54, 1.807) is 13.0 Å². The Kier molecular flexibility index (Phi) is 5.83. The quantitative estimate of drug-likeness (QED) is 0.517.